The average Bonchev–Trinajstić information content (AvgIpc) is 3.26. The summed E-state index contributed by atoms with van der Waals surface area (Å²) in [5.74, 6) is 0. The van der Waals surface area contributed by atoms with Crippen molar-refractivity contribution >= 4 is 17.6 Å². The third-order valence-corrected chi connectivity index (χ3v) is 5.94. The van der Waals surface area contributed by atoms with Gasteiger partial charge in [-0.3, -0.25) is 4.99 Å². The molecule has 0 saturated heterocycles. The highest BCUT2D eigenvalue weighted by Crippen LogP contribution is 2.38. The lowest BCUT2D eigenvalue weighted by Crippen LogP contribution is -2.04. The Bertz CT molecular complexity index is 1170. The summed E-state index contributed by atoms with van der Waals surface area (Å²) in [6.07, 6.45) is 4.98. The van der Waals surface area contributed by atoms with Gasteiger partial charge in [-0.1, -0.05) is 97.1 Å². The van der Waals surface area contributed by atoms with Gasteiger partial charge in [0.2, 0.25) is 0 Å². The second-order valence-electron chi connectivity index (χ2n) is 8.10. The summed E-state index contributed by atoms with van der Waals surface area (Å²) in [7, 11) is 0. The van der Waals surface area contributed by atoms with E-state index in [1.54, 1.807) is 0 Å². The van der Waals surface area contributed by atoms with E-state index in [0.717, 1.165) is 30.5 Å². The number of hydrogen-bond donors (Lipinski definition) is 1. The Hall–Kier alpha value is -3.65. The predicted molar refractivity (Wildman–Crippen MR) is 130 cm³/mol. The molecule has 31 heavy (non-hydrogen) atoms. The summed E-state index contributed by atoms with van der Waals surface area (Å²) in [4.78, 5) is 4.90. The fourth-order valence-corrected chi connectivity index (χ4v) is 4.26. The van der Waals surface area contributed by atoms with E-state index < -0.39 is 0 Å². The molecule has 5 rings (SSSR count). The van der Waals surface area contributed by atoms with Gasteiger partial charge < -0.3 is 5.32 Å². The Balaban J connectivity index is 1.44. The van der Waals surface area contributed by atoms with Crippen LogP contribution in [0.25, 0.3) is 0 Å². The fraction of sp³-hybridized carbons (Fsp3) is 0.138. The normalized spacial score (nSPS) is 15.0. The lowest BCUT2D eigenvalue weighted by atomic mass is 9.98. The van der Waals surface area contributed by atoms with E-state index in [4.69, 9.17) is 4.99 Å². The monoisotopic (exact) mass is 402 g/mol. The molecule has 2 nitrogen and oxygen atoms in total. The highest BCUT2D eigenvalue weighted by molar-refractivity contribution is 5.83. The van der Waals surface area contributed by atoms with E-state index in [1.807, 2.05) is 24.4 Å². The van der Waals surface area contributed by atoms with Crippen LogP contribution >= 0.6 is 0 Å². The van der Waals surface area contributed by atoms with Gasteiger partial charge in [0.15, 0.2) is 0 Å². The highest BCUT2D eigenvalue weighted by Gasteiger charge is 2.23. The molecule has 4 aromatic carbocycles. The van der Waals surface area contributed by atoms with Gasteiger partial charge in [0.05, 0.1) is 11.7 Å². The Labute approximate surface area is 184 Å². The van der Waals surface area contributed by atoms with Crippen LogP contribution in [-0.2, 0) is 19.3 Å². The second-order valence-corrected chi connectivity index (χ2v) is 8.10. The third-order valence-electron chi connectivity index (χ3n) is 5.94. The fourth-order valence-electron chi connectivity index (χ4n) is 4.26. The van der Waals surface area contributed by atoms with E-state index in [2.05, 4.69) is 90.2 Å². The first-order chi connectivity index (χ1) is 15.3. The zero-order chi connectivity index (χ0) is 20.9. The summed E-state index contributed by atoms with van der Waals surface area (Å²) in [6.45, 7) is 0. The zero-order valence-corrected chi connectivity index (χ0v) is 17.5. The van der Waals surface area contributed by atoms with E-state index >= 15 is 0 Å². The first-order valence-electron chi connectivity index (χ1n) is 11.0. The molecule has 1 atom stereocenters. The molecule has 1 heterocycles. The smallest absolute Gasteiger partial charge is 0.0682 e. The van der Waals surface area contributed by atoms with Crippen molar-refractivity contribution in [3.63, 3.8) is 0 Å². The van der Waals surface area contributed by atoms with Gasteiger partial charge in [0, 0.05) is 11.9 Å². The lowest BCUT2D eigenvalue weighted by molar-refractivity contribution is 0.823. The first kappa shape index (κ1) is 19.3. The Morgan fingerprint density at radius 3 is 2.19 bits per heavy atom. The van der Waals surface area contributed by atoms with E-state index in [9.17, 15) is 0 Å². The molecule has 0 bridgehead atoms. The van der Waals surface area contributed by atoms with Crippen molar-refractivity contribution in [3.8, 4) is 0 Å². The summed E-state index contributed by atoms with van der Waals surface area (Å²) < 4.78 is 0. The van der Waals surface area contributed by atoms with Crippen LogP contribution in [0.3, 0.4) is 0 Å². The molecule has 1 aliphatic rings. The number of rotatable bonds is 6. The van der Waals surface area contributed by atoms with Crippen LogP contribution in [0.4, 0.5) is 11.4 Å². The molecule has 2 heteroatoms. The molecule has 152 valence electrons. The summed E-state index contributed by atoms with van der Waals surface area (Å²) in [5, 5.41) is 3.72. The molecular formula is C29H26N2. The van der Waals surface area contributed by atoms with Crippen molar-refractivity contribution in [3.05, 3.63) is 131 Å². The van der Waals surface area contributed by atoms with E-state index in [-0.39, 0.29) is 0 Å². The van der Waals surface area contributed by atoms with Gasteiger partial charge in [-0.2, -0.15) is 0 Å². The number of benzene rings is 4. The third kappa shape index (κ3) is 4.59. The summed E-state index contributed by atoms with van der Waals surface area (Å²) in [6, 6.07) is 36.6. The van der Waals surface area contributed by atoms with Crippen LogP contribution in [0.1, 0.15) is 33.9 Å². The quantitative estimate of drug-likeness (QED) is 0.347. The van der Waals surface area contributed by atoms with E-state index in [1.165, 1.54) is 27.9 Å². The molecule has 0 unspecified atom stereocenters. The molecule has 0 fully saturated rings. The van der Waals surface area contributed by atoms with Gasteiger partial charge in [-0.05, 0) is 53.1 Å². The molecule has 0 amide bonds. The number of nitrogens with one attached hydrogen (secondary N) is 1. The average molecular weight is 403 g/mol. The lowest BCUT2D eigenvalue weighted by Gasteiger charge is -2.11. The summed E-state index contributed by atoms with van der Waals surface area (Å²) >= 11 is 0. The van der Waals surface area contributed by atoms with Gasteiger partial charge >= 0.3 is 0 Å². The minimum atomic E-state index is 0.325. The molecule has 1 aliphatic heterocycles. The Kier molecular flexibility index (Phi) is 5.62. The molecule has 0 radical (unpaired) electrons. The number of nitrogens with zero attached hydrogens (tertiary/aromatic N) is 1. The van der Waals surface area contributed by atoms with Crippen LogP contribution in [0, 0.1) is 0 Å². The van der Waals surface area contributed by atoms with Crippen LogP contribution in [-0.4, -0.2) is 6.21 Å². The second kappa shape index (κ2) is 9.01. The molecular weight excluding hydrogens is 376 g/mol. The van der Waals surface area contributed by atoms with Gasteiger partial charge in [-0.15, -0.1) is 0 Å². The maximum Gasteiger partial charge on any atom is 0.0682 e. The van der Waals surface area contributed by atoms with Crippen LogP contribution in [0.5, 0.6) is 0 Å². The van der Waals surface area contributed by atoms with Gasteiger partial charge in [0.1, 0.15) is 0 Å². The molecule has 0 aliphatic carbocycles. The number of aryl methyl sites for hydroxylation is 2. The SMILES string of the molecule is C(=Nc1cc2c(cc1CCc1ccccc1)C[C@@H](c1ccccc1)N2)c1ccccc1. The van der Waals surface area contributed by atoms with Crippen molar-refractivity contribution in [2.24, 2.45) is 4.99 Å². The molecule has 1 N–H and O–H groups in total. The predicted octanol–water partition coefficient (Wildman–Crippen LogP) is 6.93. The van der Waals surface area contributed by atoms with Crippen molar-refractivity contribution < 1.29 is 0 Å². The number of hydrogen-bond acceptors (Lipinski definition) is 2. The Morgan fingerprint density at radius 2 is 1.45 bits per heavy atom. The molecule has 0 saturated carbocycles. The topological polar surface area (TPSA) is 24.4 Å². The van der Waals surface area contributed by atoms with Crippen molar-refractivity contribution in [2.75, 3.05) is 5.32 Å². The number of anilines is 1. The number of fused-ring (bicyclic) bond motifs is 1. The van der Waals surface area contributed by atoms with Gasteiger partial charge in [0.25, 0.3) is 0 Å². The van der Waals surface area contributed by atoms with Crippen molar-refractivity contribution in [1.82, 2.24) is 0 Å². The largest absolute Gasteiger partial charge is 0.378 e. The van der Waals surface area contributed by atoms with Crippen LogP contribution < -0.4 is 5.32 Å². The highest BCUT2D eigenvalue weighted by atomic mass is 15.0. The van der Waals surface area contributed by atoms with Crippen LogP contribution in [0.2, 0.25) is 0 Å². The zero-order valence-electron chi connectivity index (χ0n) is 17.5. The number of aliphatic imine (C=N–C) groups is 1. The van der Waals surface area contributed by atoms with Crippen LogP contribution in [0.15, 0.2) is 108 Å². The molecule has 4 aromatic rings. The van der Waals surface area contributed by atoms with Crippen molar-refractivity contribution in [1.29, 1.82) is 0 Å². The standard InChI is InChI=1S/C29H26N2/c1-4-10-22(11-5-1)16-17-25-18-26-19-28(24-14-8-3-9-15-24)31-29(26)20-27(25)30-21-23-12-6-2-7-13-23/h1-15,18,20-21,28,31H,16-17,19H2/t28-/m0/s1. The molecule has 0 aromatic heterocycles. The molecule has 0 spiro atoms. The maximum atomic E-state index is 4.90. The van der Waals surface area contributed by atoms with Crippen molar-refractivity contribution in [2.45, 2.75) is 25.3 Å². The minimum absolute atomic E-state index is 0.325. The summed E-state index contributed by atoms with van der Waals surface area (Å²) in [5.41, 5.74) is 8.77. The Morgan fingerprint density at radius 1 is 0.774 bits per heavy atom. The first-order valence-corrected chi connectivity index (χ1v) is 11.0. The van der Waals surface area contributed by atoms with E-state index in [0.29, 0.717) is 6.04 Å². The maximum absolute atomic E-state index is 4.90. The minimum Gasteiger partial charge on any atom is -0.378 e. The van der Waals surface area contributed by atoms with Gasteiger partial charge in [-0.25, -0.2) is 0 Å².